The smallest absolute Gasteiger partial charge is 0.267 e. The van der Waals surface area contributed by atoms with E-state index in [1.165, 1.54) is 6.07 Å². The van der Waals surface area contributed by atoms with Gasteiger partial charge in [0, 0.05) is 5.56 Å². The van der Waals surface area contributed by atoms with E-state index >= 15 is 0 Å². The number of aromatic nitrogens is 1. The number of pyridine rings is 1. The molecule has 1 aromatic rings. The quantitative estimate of drug-likeness (QED) is 0.667. The van der Waals surface area contributed by atoms with Gasteiger partial charge in [0.05, 0.1) is 0 Å². The molecule has 0 saturated carbocycles. The highest BCUT2D eigenvalue weighted by atomic mass is 127. The van der Waals surface area contributed by atoms with Crippen molar-refractivity contribution in [2.45, 2.75) is 6.43 Å². The first kappa shape index (κ1) is 10.3. The Morgan fingerprint density at radius 3 is 2.62 bits per heavy atom. The number of carbonyl (C=O) groups excluding carboxylic acids is 1. The Balaban J connectivity index is 3.27. The maximum Gasteiger partial charge on any atom is 0.267 e. The number of hydrogen-bond acceptors (Lipinski definition) is 2. The average molecular weight is 298 g/mol. The van der Waals surface area contributed by atoms with E-state index in [0.717, 1.165) is 6.07 Å². The summed E-state index contributed by atoms with van der Waals surface area (Å²) in [4.78, 5) is 14.3. The van der Waals surface area contributed by atoms with Gasteiger partial charge in [0.15, 0.2) is 0 Å². The Bertz CT molecular complexity index is 343. The van der Waals surface area contributed by atoms with Gasteiger partial charge in [-0.15, -0.1) is 0 Å². The van der Waals surface area contributed by atoms with Gasteiger partial charge < -0.3 is 5.73 Å². The molecule has 3 nitrogen and oxygen atoms in total. The van der Waals surface area contributed by atoms with E-state index < -0.39 is 17.9 Å². The van der Waals surface area contributed by atoms with E-state index in [0.29, 0.717) is 3.70 Å². The zero-order valence-corrected chi connectivity index (χ0v) is 8.46. The molecule has 0 bridgehead atoms. The molecule has 0 fully saturated rings. The third-order valence-electron chi connectivity index (χ3n) is 1.36. The van der Waals surface area contributed by atoms with Gasteiger partial charge in [-0.2, -0.15) is 0 Å². The molecule has 0 atom stereocenters. The Labute approximate surface area is 86.5 Å². The molecule has 6 heteroatoms. The number of nitrogens with two attached hydrogens (primary N) is 1. The Kier molecular flexibility index (Phi) is 3.12. The largest absolute Gasteiger partial charge is 0.364 e. The summed E-state index contributed by atoms with van der Waals surface area (Å²) < 4.78 is 25.0. The zero-order valence-electron chi connectivity index (χ0n) is 6.30. The van der Waals surface area contributed by atoms with Crippen molar-refractivity contribution < 1.29 is 13.6 Å². The van der Waals surface area contributed by atoms with Crippen LogP contribution in [0.5, 0.6) is 0 Å². The molecule has 0 spiro atoms. The molecule has 0 aliphatic heterocycles. The van der Waals surface area contributed by atoms with Crippen molar-refractivity contribution in [1.29, 1.82) is 0 Å². The summed E-state index contributed by atoms with van der Waals surface area (Å²) in [6, 6.07) is 2.55. The normalized spacial score (nSPS) is 10.5. The van der Waals surface area contributed by atoms with Crippen LogP contribution in [0.25, 0.3) is 0 Å². The maximum absolute atomic E-state index is 12.3. The molecular formula is C7H5F2IN2O. The predicted molar refractivity (Wildman–Crippen MR) is 50.4 cm³/mol. The maximum atomic E-state index is 12.3. The summed E-state index contributed by atoms with van der Waals surface area (Å²) in [5.41, 5.74) is 4.10. The van der Waals surface area contributed by atoms with Gasteiger partial charge in [0.2, 0.25) is 0 Å². The molecule has 0 aliphatic carbocycles. The van der Waals surface area contributed by atoms with Gasteiger partial charge in [-0.05, 0) is 34.7 Å². The van der Waals surface area contributed by atoms with Crippen LogP contribution in [0, 0.1) is 3.70 Å². The third-order valence-corrected chi connectivity index (χ3v) is 1.96. The minimum Gasteiger partial charge on any atom is -0.364 e. The molecule has 0 unspecified atom stereocenters. The minimum atomic E-state index is -2.73. The summed E-state index contributed by atoms with van der Waals surface area (Å²) in [6.07, 6.45) is -2.73. The standard InChI is InChI=1S/C7H5F2IN2O/c8-6(9)3-1-2-4(10)12-5(3)7(11)13/h1-2,6H,(H2,11,13). The second-order valence-electron chi connectivity index (χ2n) is 2.24. The molecular weight excluding hydrogens is 293 g/mol. The second kappa shape index (κ2) is 3.95. The first-order valence-electron chi connectivity index (χ1n) is 3.26. The molecule has 1 rings (SSSR count). The van der Waals surface area contributed by atoms with E-state index in [9.17, 15) is 13.6 Å². The number of halogens is 3. The van der Waals surface area contributed by atoms with Crippen LogP contribution in [-0.4, -0.2) is 10.9 Å². The molecule has 70 valence electrons. The summed E-state index contributed by atoms with van der Waals surface area (Å²) in [7, 11) is 0. The van der Waals surface area contributed by atoms with Crippen molar-refractivity contribution in [3.8, 4) is 0 Å². The lowest BCUT2D eigenvalue weighted by Gasteiger charge is -2.04. The number of nitrogens with zero attached hydrogens (tertiary/aromatic N) is 1. The molecule has 13 heavy (non-hydrogen) atoms. The van der Waals surface area contributed by atoms with Crippen molar-refractivity contribution in [3.63, 3.8) is 0 Å². The van der Waals surface area contributed by atoms with Crippen molar-refractivity contribution >= 4 is 28.5 Å². The number of primary amides is 1. The van der Waals surface area contributed by atoms with Crippen LogP contribution in [0.15, 0.2) is 12.1 Å². The minimum absolute atomic E-state index is 0.359. The third kappa shape index (κ3) is 2.33. The molecule has 1 amide bonds. The summed E-state index contributed by atoms with van der Waals surface area (Å²) in [5.74, 6) is -0.936. The lowest BCUT2D eigenvalue weighted by Crippen LogP contribution is -2.16. The van der Waals surface area contributed by atoms with Gasteiger partial charge in [-0.1, -0.05) is 0 Å². The molecule has 0 aromatic carbocycles. The molecule has 1 aromatic heterocycles. The first-order chi connectivity index (χ1) is 6.02. The van der Waals surface area contributed by atoms with Crippen molar-refractivity contribution in [3.05, 3.63) is 27.1 Å². The van der Waals surface area contributed by atoms with Crippen LogP contribution in [0.2, 0.25) is 0 Å². The van der Waals surface area contributed by atoms with Gasteiger partial charge in [-0.25, -0.2) is 13.8 Å². The number of hydrogen-bond donors (Lipinski definition) is 1. The highest BCUT2D eigenvalue weighted by molar-refractivity contribution is 14.1. The predicted octanol–water partition coefficient (Wildman–Crippen LogP) is 1.72. The van der Waals surface area contributed by atoms with Crippen molar-refractivity contribution in [2.24, 2.45) is 5.73 Å². The highest BCUT2D eigenvalue weighted by Crippen LogP contribution is 2.21. The highest BCUT2D eigenvalue weighted by Gasteiger charge is 2.17. The monoisotopic (exact) mass is 298 g/mol. The zero-order chi connectivity index (χ0) is 10.0. The number of rotatable bonds is 2. The summed E-state index contributed by atoms with van der Waals surface area (Å²) >= 11 is 1.82. The molecule has 2 N–H and O–H groups in total. The Hall–Kier alpha value is -0.790. The first-order valence-corrected chi connectivity index (χ1v) is 4.34. The van der Waals surface area contributed by atoms with Crippen LogP contribution < -0.4 is 5.73 Å². The number of amides is 1. The average Bonchev–Trinajstić information content (AvgIpc) is 2.03. The van der Waals surface area contributed by atoms with Crippen LogP contribution >= 0.6 is 22.6 Å². The fourth-order valence-electron chi connectivity index (χ4n) is 0.820. The van der Waals surface area contributed by atoms with Gasteiger partial charge in [-0.3, -0.25) is 4.79 Å². The van der Waals surface area contributed by atoms with E-state index in [-0.39, 0.29) is 5.69 Å². The van der Waals surface area contributed by atoms with Crippen LogP contribution in [0.4, 0.5) is 8.78 Å². The number of carbonyl (C=O) groups is 1. The van der Waals surface area contributed by atoms with Crippen LogP contribution in [0.1, 0.15) is 22.5 Å². The second-order valence-corrected chi connectivity index (χ2v) is 3.34. The Morgan fingerprint density at radius 1 is 1.54 bits per heavy atom. The van der Waals surface area contributed by atoms with Gasteiger partial charge in [0.25, 0.3) is 12.3 Å². The molecule has 0 aliphatic rings. The number of alkyl halides is 2. The van der Waals surface area contributed by atoms with E-state index in [1.54, 1.807) is 0 Å². The van der Waals surface area contributed by atoms with Crippen molar-refractivity contribution in [1.82, 2.24) is 4.98 Å². The topological polar surface area (TPSA) is 56.0 Å². The Morgan fingerprint density at radius 2 is 2.15 bits per heavy atom. The fourth-order valence-corrected chi connectivity index (χ4v) is 1.24. The van der Waals surface area contributed by atoms with Crippen molar-refractivity contribution in [2.75, 3.05) is 0 Å². The summed E-state index contributed by atoms with van der Waals surface area (Å²) in [5, 5.41) is 0. The lowest BCUT2D eigenvalue weighted by atomic mass is 10.2. The van der Waals surface area contributed by atoms with E-state index in [2.05, 4.69) is 4.98 Å². The van der Waals surface area contributed by atoms with Crippen LogP contribution in [0.3, 0.4) is 0 Å². The van der Waals surface area contributed by atoms with Gasteiger partial charge >= 0.3 is 0 Å². The lowest BCUT2D eigenvalue weighted by molar-refractivity contribution is 0.0980. The molecule has 0 saturated heterocycles. The molecule has 0 radical (unpaired) electrons. The van der Waals surface area contributed by atoms with Crippen LogP contribution in [-0.2, 0) is 0 Å². The van der Waals surface area contributed by atoms with E-state index in [1.807, 2.05) is 22.6 Å². The fraction of sp³-hybridized carbons (Fsp3) is 0.143. The van der Waals surface area contributed by atoms with Gasteiger partial charge in [0.1, 0.15) is 9.39 Å². The molecule has 1 heterocycles. The van der Waals surface area contributed by atoms with E-state index in [4.69, 9.17) is 5.73 Å². The SMILES string of the molecule is NC(=O)c1nc(I)ccc1C(F)F. The summed E-state index contributed by atoms with van der Waals surface area (Å²) in [6.45, 7) is 0.